The number of carbonyl (C=O) groups excluding carboxylic acids is 1. The van der Waals surface area contributed by atoms with Gasteiger partial charge in [-0.1, -0.05) is 25.9 Å². The van der Waals surface area contributed by atoms with E-state index in [0.29, 0.717) is 32.4 Å². The van der Waals surface area contributed by atoms with Gasteiger partial charge < -0.3 is 15.2 Å². The zero-order valence-electron chi connectivity index (χ0n) is 14.1. The monoisotopic (exact) mass is 322 g/mol. The van der Waals surface area contributed by atoms with Crippen LogP contribution in [0.5, 0.6) is 0 Å². The van der Waals surface area contributed by atoms with Crippen LogP contribution in [0.1, 0.15) is 52.9 Å². The number of fused-ring (bicyclic) bond motifs is 2. The first-order chi connectivity index (χ1) is 10.7. The molecule has 3 aliphatic rings. The van der Waals surface area contributed by atoms with Gasteiger partial charge in [0.1, 0.15) is 0 Å². The van der Waals surface area contributed by atoms with Crippen molar-refractivity contribution in [2.24, 2.45) is 27.3 Å². The molecular weight excluding hydrogens is 296 g/mol. The van der Waals surface area contributed by atoms with Crippen molar-refractivity contribution in [3.8, 4) is 0 Å². The average Bonchev–Trinajstić information content (AvgIpc) is 2.84. The first kappa shape index (κ1) is 16.3. The van der Waals surface area contributed by atoms with Gasteiger partial charge in [0.15, 0.2) is 0 Å². The molecule has 2 aliphatic carbocycles. The molecule has 1 saturated heterocycles. The van der Waals surface area contributed by atoms with E-state index in [0.717, 1.165) is 18.6 Å². The molecule has 6 nitrogen and oxygen atoms in total. The predicted octanol–water partition coefficient (Wildman–Crippen LogP) is 2.36. The van der Waals surface area contributed by atoms with Crippen LogP contribution in [0.3, 0.4) is 0 Å². The molecular formula is C17H26N2O4. The Morgan fingerprint density at radius 3 is 2.26 bits per heavy atom. The molecule has 23 heavy (non-hydrogen) atoms. The summed E-state index contributed by atoms with van der Waals surface area (Å²) >= 11 is 0. The lowest BCUT2D eigenvalue weighted by molar-refractivity contribution is -0.152. The minimum atomic E-state index is -0.764. The van der Waals surface area contributed by atoms with Gasteiger partial charge in [-0.05, 0) is 31.1 Å². The van der Waals surface area contributed by atoms with Crippen molar-refractivity contribution < 1.29 is 19.9 Å². The molecule has 2 atom stereocenters. The highest BCUT2D eigenvalue weighted by molar-refractivity contribution is 6.02. The summed E-state index contributed by atoms with van der Waals surface area (Å²) in [6, 6.07) is 0. The molecule has 1 amide bonds. The van der Waals surface area contributed by atoms with Gasteiger partial charge in [-0.3, -0.25) is 9.59 Å². The highest BCUT2D eigenvalue weighted by Crippen LogP contribution is 2.71. The maximum atomic E-state index is 13.3. The average molecular weight is 322 g/mol. The number of carboxylic acids is 1. The zero-order chi connectivity index (χ0) is 17.0. The fourth-order valence-electron chi connectivity index (χ4n) is 5.14. The molecule has 0 radical (unpaired) electrons. The van der Waals surface area contributed by atoms with Crippen molar-refractivity contribution in [1.82, 2.24) is 4.90 Å². The summed E-state index contributed by atoms with van der Waals surface area (Å²) in [7, 11) is 0. The molecule has 0 spiro atoms. The number of amides is 1. The van der Waals surface area contributed by atoms with Crippen LogP contribution in [-0.2, 0) is 9.59 Å². The van der Waals surface area contributed by atoms with Crippen molar-refractivity contribution >= 4 is 17.6 Å². The van der Waals surface area contributed by atoms with Crippen LogP contribution in [0.2, 0.25) is 0 Å². The number of hydrogen-bond donors (Lipinski definition) is 2. The molecule has 6 heteroatoms. The Hall–Kier alpha value is -1.59. The minimum Gasteiger partial charge on any atom is -0.481 e. The number of aliphatic carboxylic acids is 1. The lowest BCUT2D eigenvalue weighted by Gasteiger charge is -2.43. The Morgan fingerprint density at radius 2 is 1.78 bits per heavy atom. The summed E-state index contributed by atoms with van der Waals surface area (Å²) in [5.41, 5.74) is -0.277. The van der Waals surface area contributed by atoms with Crippen molar-refractivity contribution in [2.75, 3.05) is 13.1 Å². The van der Waals surface area contributed by atoms with Gasteiger partial charge in [0.25, 0.3) is 0 Å². The summed E-state index contributed by atoms with van der Waals surface area (Å²) in [5, 5.41) is 22.0. The van der Waals surface area contributed by atoms with E-state index < -0.39 is 11.4 Å². The molecule has 1 aliphatic heterocycles. The Bertz CT molecular complexity index is 577. The maximum Gasteiger partial charge on any atom is 0.306 e. The Labute approximate surface area is 136 Å². The van der Waals surface area contributed by atoms with E-state index >= 15 is 0 Å². The molecule has 3 fully saturated rings. The normalized spacial score (nSPS) is 38.2. The van der Waals surface area contributed by atoms with E-state index in [1.807, 2.05) is 4.90 Å². The zero-order valence-corrected chi connectivity index (χ0v) is 14.1. The SMILES string of the molecule is CC12CCC(C(=O)N3CCC(C(=O)O)CC3)(C/C1=N\O)C2(C)C. The van der Waals surface area contributed by atoms with E-state index in [-0.39, 0.29) is 22.7 Å². The molecule has 0 aromatic rings. The number of likely N-dealkylation sites (tertiary alicyclic amines) is 1. The molecule has 0 aromatic heterocycles. The number of carbonyl (C=O) groups is 2. The van der Waals surface area contributed by atoms with Crippen LogP contribution in [0.15, 0.2) is 5.16 Å². The molecule has 1 heterocycles. The fraction of sp³-hybridized carbons (Fsp3) is 0.824. The number of piperidine rings is 1. The van der Waals surface area contributed by atoms with Gasteiger partial charge in [-0.15, -0.1) is 0 Å². The molecule has 2 saturated carbocycles. The fourth-order valence-corrected chi connectivity index (χ4v) is 5.14. The van der Waals surface area contributed by atoms with Crippen molar-refractivity contribution in [3.05, 3.63) is 0 Å². The largest absolute Gasteiger partial charge is 0.481 e. The quantitative estimate of drug-likeness (QED) is 0.603. The summed E-state index contributed by atoms with van der Waals surface area (Å²) in [6.07, 6.45) is 3.24. The molecule has 2 unspecified atom stereocenters. The first-order valence-corrected chi connectivity index (χ1v) is 8.43. The summed E-state index contributed by atoms with van der Waals surface area (Å²) in [6.45, 7) is 7.34. The topological polar surface area (TPSA) is 90.2 Å². The van der Waals surface area contributed by atoms with Crippen LogP contribution in [0.4, 0.5) is 0 Å². The second-order valence-corrected chi connectivity index (χ2v) is 8.17. The van der Waals surface area contributed by atoms with Crippen LogP contribution in [0, 0.1) is 22.2 Å². The second kappa shape index (κ2) is 4.95. The first-order valence-electron chi connectivity index (χ1n) is 8.43. The van der Waals surface area contributed by atoms with Crippen LogP contribution in [-0.4, -0.2) is 45.9 Å². The Balaban J connectivity index is 1.84. The molecule has 128 valence electrons. The number of hydrogen-bond acceptors (Lipinski definition) is 4. The Morgan fingerprint density at radius 1 is 1.17 bits per heavy atom. The van der Waals surface area contributed by atoms with Gasteiger partial charge >= 0.3 is 5.97 Å². The number of rotatable bonds is 2. The maximum absolute atomic E-state index is 13.3. The van der Waals surface area contributed by atoms with Crippen LogP contribution >= 0.6 is 0 Å². The van der Waals surface area contributed by atoms with Gasteiger partial charge in [0, 0.05) is 24.9 Å². The van der Waals surface area contributed by atoms with E-state index in [1.54, 1.807) is 0 Å². The van der Waals surface area contributed by atoms with Crippen LogP contribution < -0.4 is 0 Å². The Kier molecular flexibility index (Phi) is 3.50. The van der Waals surface area contributed by atoms with Crippen LogP contribution in [0.25, 0.3) is 0 Å². The molecule has 0 aromatic carbocycles. The van der Waals surface area contributed by atoms with Crippen molar-refractivity contribution in [1.29, 1.82) is 0 Å². The lowest BCUT2D eigenvalue weighted by Crippen LogP contribution is -2.51. The van der Waals surface area contributed by atoms with E-state index in [9.17, 15) is 14.8 Å². The summed E-state index contributed by atoms with van der Waals surface area (Å²) in [4.78, 5) is 26.3. The number of oxime groups is 1. The third-order valence-electron chi connectivity index (χ3n) is 7.40. The summed E-state index contributed by atoms with van der Waals surface area (Å²) in [5.74, 6) is -0.982. The molecule has 3 rings (SSSR count). The second-order valence-electron chi connectivity index (χ2n) is 8.17. The van der Waals surface area contributed by atoms with Crippen molar-refractivity contribution in [2.45, 2.75) is 52.9 Å². The van der Waals surface area contributed by atoms with Crippen molar-refractivity contribution in [3.63, 3.8) is 0 Å². The third-order valence-corrected chi connectivity index (χ3v) is 7.40. The third kappa shape index (κ3) is 1.90. The highest BCUT2D eigenvalue weighted by atomic mass is 16.4. The van der Waals surface area contributed by atoms with Gasteiger partial charge in [0.05, 0.1) is 17.0 Å². The molecule has 2 bridgehead atoms. The minimum absolute atomic E-state index is 0.119. The number of carboxylic acid groups (broad SMARTS) is 1. The highest BCUT2D eigenvalue weighted by Gasteiger charge is 2.72. The van der Waals surface area contributed by atoms with E-state index in [1.165, 1.54) is 0 Å². The summed E-state index contributed by atoms with van der Waals surface area (Å²) < 4.78 is 0. The van der Waals surface area contributed by atoms with Gasteiger partial charge in [-0.2, -0.15) is 0 Å². The van der Waals surface area contributed by atoms with Gasteiger partial charge in [-0.25, -0.2) is 0 Å². The van der Waals surface area contributed by atoms with E-state index in [4.69, 9.17) is 5.11 Å². The number of nitrogens with zero attached hydrogens (tertiary/aromatic N) is 2. The molecule has 2 N–H and O–H groups in total. The predicted molar refractivity (Wildman–Crippen MR) is 84.3 cm³/mol. The van der Waals surface area contributed by atoms with Gasteiger partial charge in [0.2, 0.25) is 5.91 Å². The van der Waals surface area contributed by atoms with E-state index in [2.05, 4.69) is 25.9 Å². The standard InChI is InChI=1S/C17H26N2O4/c1-15(2)16(3)6-7-17(15,10-12(16)18-23)14(22)19-8-4-11(5-9-19)13(20)21/h11,23H,4-10H2,1-3H3,(H,20,21)/b18-12+. The lowest BCUT2D eigenvalue weighted by atomic mass is 9.64. The smallest absolute Gasteiger partial charge is 0.306 e.